The van der Waals surface area contributed by atoms with Crippen LogP contribution in [0.3, 0.4) is 0 Å². The van der Waals surface area contributed by atoms with Crippen LogP contribution in [0.1, 0.15) is 23.7 Å². The van der Waals surface area contributed by atoms with Crippen LogP contribution < -0.4 is 10.6 Å². The summed E-state index contributed by atoms with van der Waals surface area (Å²) < 4.78 is 28.1. The lowest BCUT2D eigenvalue weighted by atomic mass is 9.97. The number of amides is 1. The van der Waals surface area contributed by atoms with Gasteiger partial charge >= 0.3 is 6.09 Å². The molecule has 12 nitrogen and oxygen atoms in total. The van der Waals surface area contributed by atoms with Gasteiger partial charge in [0, 0.05) is 56.3 Å². The summed E-state index contributed by atoms with van der Waals surface area (Å²) in [7, 11) is 0.364. The topological polar surface area (TPSA) is 144 Å². The van der Waals surface area contributed by atoms with E-state index >= 15 is 0 Å². The molecular weight excluding hydrogens is 601 g/mol. The first-order valence-electron chi connectivity index (χ1n) is 14.4. The maximum Gasteiger partial charge on any atom is 0.410 e. The molecule has 0 aliphatic carbocycles. The van der Waals surface area contributed by atoms with Gasteiger partial charge in [0.1, 0.15) is 12.1 Å². The van der Waals surface area contributed by atoms with Crippen LogP contribution in [0.5, 0.6) is 0 Å². The number of rotatable bonds is 10. The van der Waals surface area contributed by atoms with Crippen molar-refractivity contribution in [2.75, 3.05) is 57.5 Å². The number of thiazole rings is 1. The molecule has 2 aromatic carbocycles. The molecule has 3 heterocycles. The molecule has 1 amide bonds. The van der Waals surface area contributed by atoms with Gasteiger partial charge in [0.05, 0.1) is 11.2 Å². The molecule has 0 bridgehead atoms. The van der Waals surface area contributed by atoms with Crippen molar-refractivity contribution in [1.29, 1.82) is 0 Å². The SMILES string of the molecule is Cc1ccc(-c2cccc3c(N[C@@H](C)CN4CCN(S(=O)(=O)c5sc(NC(=O)O)nc5C)CC4)ncnc23)cc1CN(C)C. The van der Waals surface area contributed by atoms with Gasteiger partial charge in [-0.3, -0.25) is 10.2 Å². The number of aryl methyl sites for hydroxylation is 2. The number of carbonyl (C=O) groups is 1. The van der Waals surface area contributed by atoms with Crippen LogP contribution in [-0.2, 0) is 16.6 Å². The Balaban J connectivity index is 1.25. The summed E-state index contributed by atoms with van der Waals surface area (Å²) in [5, 5.41) is 15.6. The molecular formula is C30H38N8O4S2. The largest absolute Gasteiger partial charge is 0.465 e. The lowest BCUT2D eigenvalue weighted by Gasteiger charge is -2.35. The van der Waals surface area contributed by atoms with Crippen molar-refractivity contribution in [3.05, 3.63) is 59.5 Å². The summed E-state index contributed by atoms with van der Waals surface area (Å²) in [6, 6.07) is 12.7. The molecule has 4 aromatic rings. The molecule has 1 saturated heterocycles. The Kier molecular flexibility index (Phi) is 9.46. The van der Waals surface area contributed by atoms with Crippen molar-refractivity contribution in [2.24, 2.45) is 0 Å². The minimum atomic E-state index is -3.78. The second-order valence-electron chi connectivity index (χ2n) is 11.4. The average molecular weight is 639 g/mol. The Bertz CT molecular complexity index is 1770. The van der Waals surface area contributed by atoms with Crippen molar-refractivity contribution in [2.45, 2.75) is 37.6 Å². The van der Waals surface area contributed by atoms with E-state index in [1.54, 1.807) is 13.3 Å². The van der Waals surface area contributed by atoms with E-state index < -0.39 is 16.1 Å². The lowest BCUT2D eigenvalue weighted by Crippen LogP contribution is -2.50. The van der Waals surface area contributed by atoms with Gasteiger partial charge in [0.2, 0.25) is 0 Å². The highest BCUT2D eigenvalue weighted by Gasteiger charge is 2.32. The number of hydrogen-bond acceptors (Lipinski definition) is 10. The molecule has 0 saturated carbocycles. The predicted octanol–water partition coefficient (Wildman–Crippen LogP) is 4.33. The molecule has 0 spiro atoms. The van der Waals surface area contributed by atoms with Crippen LogP contribution in [0.2, 0.25) is 0 Å². The maximum atomic E-state index is 13.3. The van der Waals surface area contributed by atoms with E-state index in [0.717, 1.165) is 45.7 Å². The van der Waals surface area contributed by atoms with E-state index in [-0.39, 0.29) is 21.1 Å². The number of para-hydroxylation sites is 1. The van der Waals surface area contributed by atoms with E-state index in [1.807, 2.05) is 12.1 Å². The number of benzene rings is 2. The molecule has 1 aliphatic heterocycles. The van der Waals surface area contributed by atoms with Crippen molar-refractivity contribution >= 4 is 49.3 Å². The molecule has 14 heteroatoms. The molecule has 2 aromatic heterocycles. The first kappa shape index (κ1) is 31.7. The zero-order valence-electron chi connectivity index (χ0n) is 25.5. The second kappa shape index (κ2) is 13.1. The fraction of sp³-hybridized carbons (Fsp3) is 0.400. The minimum Gasteiger partial charge on any atom is -0.465 e. The summed E-state index contributed by atoms with van der Waals surface area (Å²) in [6.07, 6.45) is 0.313. The van der Waals surface area contributed by atoms with Crippen molar-refractivity contribution in [3.63, 3.8) is 0 Å². The monoisotopic (exact) mass is 638 g/mol. The Morgan fingerprint density at radius 2 is 1.86 bits per heavy atom. The molecule has 0 radical (unpaired) electrons. The van der Waals surface area contributed by atoms with Gasteiger partial charge in [-0.25, -0.2) is 28.2 Å². The zero-order chi connectivity index (χ0) is 31.6. The van der Waals surface area contributed by atoms with Crippen LogP contribution in [0.25, 0.3) is 22.0 Å². The van der Waals surface area contributed by atoms with Crippen LogP contribution in [-0.4, -0.2) is 102 Å². The molecule has 44 heavy (non-hydrogen) atoms. The Labute approximate surface area is 261 Å². The number of nitrogens with zero attached hydrogens (tertiary/aromatic N) is 6. The van der Waals surface area contributed by atoms with Crippen LogP contribution in [0.4, 0.5) is 15.7 Å². The highest BCUT2D eigenvalue weighted by atomic mass is 32.2. The molecule has 1 aliphatic rings. The van der Waals surface area contributed by atoms with Crippen molar-refractivity contribution in [3.8, 4) is 11.1 Å². The number of piperazine rings is 1. The highest BCUT2D eigenvalue weighted by molar-refractivity contribution is 7.91. The molecule has 3 N–H and O–H groups in total. The van der Waals surface area contributed by atoms with Gasteiger partial charge in [0.15, 0.2) is 9.34 Å². The number of anilines is 2. The van der Waals surface area contributed by atoms with Gasteiger partial charge in [0.25, 0.3) is 10.0 Å². The number of aromatic nitrogens is 3. The summed E-state index contributed by atoms with van der Waals surface area (Å²) >= 11 is 0.835. The maximum absolute atomic E-state index is 13.3. The van der Waals surface area contributed by atoms with E-state index in [2.05, 4.69) is 87.6 Å². The van der Waals surface area contributed by atoms with E-state index in [0.29, 0.717) is 32.7 Å². The normalized spacial score (nSPS) is 15.5. The van der Waals surface area contributed by atoms with Gasteiger partial charge in [-0.05, 0) is 63.7 Å². The first-order chi connectivity index (χ1) is 20.9. The average Bonchev–Trinajstić information content (AvgIpc) is 3.34. The Hall–Kier alpha value is -3.69. The number of nitrogens with one attached hydrogen (secondary N) is 2. The Morgan fingerprint density at radius 1 is 1.11 bits per heavy atom. The van der Waals surface area contributed by atoms with E-state index in [9.17, 15) is 13.2 Å². The fourth-order valence-electron chi connectivity index (χ4n) is 5.49. The van der Waals surface area contributed by atoms with Gasteiger partial charge in [-0.2, -0.15) is 4.31 Å². The standard InChI is InChI=1S/C30H38N8O4S2/c1-19-9-10-22(15-23(19)17-36(4)5)24-7-6-8-25-26(24)31-18-32-27(25)33-20(2)16-37-11-13-38(14-12-37)44(41,42)28-21(3)34-29(43-28)35-30(39)40/h6-10,15,18,20H,11-14,16-17H2,1-5H3,(H,34,35)(H,39,40)(H,31,32,33)/t20-/m0/s1. The molecule has 0 unspecified atom stereocenters. The van der Waals surface area contributed by atoms with Gasteiger partial charge in [-0.15, -0.1) is 0 Å². The minimum absolute atomic E-state index is 0.0411. The van der Waals surface area contributed by atoms with Gasteiger partial charge < -0.3 is 15.3 Å². The van der Waals surface area contributed by atoms with Gasteiger partial charge in [-0.1, -0.05) is 35.6 Å². The first-order valence-corrected chi connectivity index (χ1v) is 16.6. The molecule has 234 valence electrons. The van der Waals surface area contributed by atoms with Crippen LogP contribution in [0, 0.1) is 13.8 Å². The highest BCUT2D eigenvalue weighted by Crippen LogP contribution is 2.32. The predicted molar refractivity (Wildman–Crippen MR) is 174 cm³/mol. The summed E-state index contributed by atoms with van der Waals surface area (Å²) in [6.45, 7) is 9.17. The lowest BCUT2D eigenvalue weighted by molar-refractivity contribution is 0.184. The number of fused-ring (bicyclic) bond motifs is 1. The van der Waals surface area contributed by atoms with Crippen LogP contribution >= 0.6 is 11.3 Å². The quantitative estimate of drug-likeness (QED) is 0.230. The smallest absolute Gasteiger partial charge is 0.410 e. The summed E-state index contributed by atoms with van der Waals surface area (Å²) in [5.74, 6) is 0.762. The van der Waals surface area contributed by atoms with Crippen molar-refractivity contribution in [1.82, 2.24) is 29.1 Å². The Morgan fingerprint density at radius 3 is 2.57 bits per heavy atom. The fourth-order valence-corrected chi connectivity index (χ4v) is 8.45. The third-order valence-electron chi connectivity index (χ3n) is 7.60. The molecule has 5 rings (SSSR count). The third kappa shape index (κ3) is 7.00. The van der Waals surface area contributed by atoms with E-state index in [4.69, 9.17) is 5.11 Å². The molecule has 1 atom stereocenters. The third-order valence-corrected chi connectivity index (χ3v) is 11.2. The second-order valence-corrected chi connectivity index (χ2v) is 14.5. The summed E-state index contributed by atoms with van der Waals surface area (Å²) in [4.78, 5) is 28.6. The number of carboxylic acid groups (broad SMARTS) is 1. The van der Waals surface area contributed by atoms with E-state index in [1.165, 1.54) is 15.4 Å². The number of hydrogen-bond donors (Lipinski definition) is 3. The molecule has 1 fully saturated rings. The van der Waals surface area contributed by atoms with Crippen molar-refractivity contribution < 1.29 is 18.3 Å². The summed E-state index contributed by atoms with van der Waals surface area (Å²) in [5.41, 5.74) is 5.88. The number of sulfonamides is 1. The van der Waals surface area contributed by atoms with Crippen LogP contribution in [0.15, 0.2) is 46.9 Å². The zero-order valence-corrected chi connectivity index (χ0v) is 27.2.